The summed E-state index contributed by atoms with van der Waals surface area (Å²) >= 11 is 0.815. The lowest BCUT2D eigenvalue weighted by Gasteiger charge is -2.18. The van der Waals surface area contributed by atoms with Crippen molar-refractivity contribution < 1.29 is 19.5 Å². The second-order valence-corrected chi connectivity index (χ2v) is 7.31. The highest BCUT2D eigenvalue weighted by atomic mass is 32.2. The summed E-state index contributed by atoms with van der Waals surface area (Å²) in [6, 6.07) is 18.2. The Labute approximate surface area is 167 Å². The van der Waals surface area contributed by atoms with Gasteiger partial charge in [-0.05, 0) is 35.4 Å². The lowest BCUT2D eigenvalue weighted by molar-refractivity contribution is -0.129. The molecule has 2 aromatic rings. The van der Waals surface area contributed by atoms with Gasteiger partial charge in [-0.2, -0.15) is 0 Å². The first kappa shape index (κ1) is 19.9. The largest absolute Gasteiger partial charge is 0.394 e. The zero-order valence-electron chi connectivity index (χ0n) is 15.1. The van der Waals surface area contributed by atoms with Crippen LogP contribution in [-0.4, -0.2) is 46.3 Å². The number of aliphatic hydroxyl groups excluding tert-OH is 1. The molecule has 3 rings (SSSR count). The zero-order chi connectivity index (χ0) is 19.9. The van der Waals surface area contributed by atoms with Gasteiger partial charge in [-0.25, -0.2) is 0 Å². The molecule has 1 atom stereocenters. The van der Waals surface area contributed by atoms with Crippen LogP contribution in [-0.2, 0) is 16.0 Å². The summed E-state index contributed by atoms with van der Waals surface area (Å²) in [5.41, 5.74) is 1.78. The smallest absolute Gasteiger partial charge is 0.294 e. The van der Waals surface area contributed by atoms with Crippen LogP contribution in [0.3, 0.4) is 0 Å². The Balaban J connectivity index is 1.61. The van der Waals surface area contributed by atoms with Gasteiger partial charge in [0.2, 0.25) is 5.91 Å². The lowest BCUT2D eigenvalue weighted by atomic mass is 10.1. The molecule has 0 saturated carbocycles. The fourth-order valence-corrected chi connectivity index (χ4v) is 3.65. The Hall–Kier alpha value is -2.90. The number of carbonyl (C=O) groups is 3. The van der Waals surface area contributed by atoms with Crippen LogP contribution in [0.5, 0.6) is 0 Å². The van der Waals surface area contributed by atoms with Crippen LogP contribution in [0, 0.1) is 0 Å². The number of nitrogens with zero attached hydrogens (tertiary/aromatic N) is 1. The topological polar surface area (TPSA) is 86.7 Å². The first-order chi connectivity index (χ1) is 13.6. The molecule has 1 fully saturated rings. The highest BCUT2D eigenvalue weighted by Crippen LogP contribution is 2.31. The van der Waals surface area contributed by atoms with Crippen molar-refractivity contribution in [3.8, 4) is 0 Å². The maximum atomic E-state index is 12.5. The van der Waals surface area contributed by atoms with E-state index in [0.717, 1.165) is 27.8 Å². The summed E-state index contributed by atoms with van der Waals surface area (Å²) in [5.74, 6) is -0.976. The average Bonchev–Trinajstić information content (AvgIpc) is 2.96. The van der Waals surface area contributed by atoms with Crippen molar-refractivity contribution in [1.29, 1.82) is 0 Å². The molecule has 1 aliphatic heterocycles. The van der Waals surface area contributed by atoms with Crippen LogP contribution in [0.25, 0.3) is 6.08 Å². The van der Waals surface area contributed by atoms with E-state index in [0.29, 0.717) is 6.42 Å². The number of nitrogens with one attached hydrogen (secondary N) is 1. The van der Waals surface area contributed by atoms with Crippen LogP contribution in [0.1, 0.15) is 11.1 Å². The molecule has 6 nitrogen and oxygen atoms in total. The Morgan fingerprint density at radius 3 is 2.36 bits per heavy atom. The van der Waals surface area contributed by atoms with Gasteiger partial charge in [-0.3, -0.25) is 19.3 Å². The molecule has 0 aliphatic carbocycles. The van der Waals surface area contributed by atoms with Gasteiger partial charge in [0.1, 0.15) is 6.54 Å². The fourth-order valence-electron chi connectivity index (χ4n) is 2.81. The molecular weight excluding hydrogens is 376 g/mol. The van der Waals surface area contributed by atoms with Crippen molar-refractivity contribution in [2.24, 2.45) is 0 Å². The minimum atomic E-state index is -0.491. The van der Waals surface area contributed by atoms with E-state index >= 15 is 0 Å². The summed E-state index contributed by atoms with van der Waals surface area (Å²) in [7, 11) is 0. The van der Waals surface area contributed by atoms with Gasteiger partial charge in [-0.15, -0.1) is 0 Å². The Morgan fingerprint density at radius 1 is 1.07 bits per heavy atom. The third-order valence-corrected chi connectivity index (χ3v) is 5.09. The summed E-state index contributed by atoms with van der Waals surface area (Å²) in [6.45, 7) is -0.613. The van der Waals surface area contributed by atoms with Crippen LogP contribution >= 0.6 is 11.8 Å². The van der Waals surface area contributed by atoms with E-state index < -0.39 is 23.1 Å². The maximum Gasteiger partial charge on any atom is 0.294 e. The van der Waals surface area contributed by atoms with E-state index in [9.17, 15) is 19.5 Å². The lowest BCUT2D eigenvalue weighted by Crippen LogP contribution is -2.45. The molecular formula is C21H20N2O4S. The first-order valence-corrected chi connectivity index (χ1v) is 9.63. The summed E-state index contributed by atoms with van der Waals surface area (Å²) < 4.78 is 0. The van der Waals surface area contributed by atoms with Gasteiger partial charge in [-0.1, -0.05) is 60.7 Å². The van der Waals surface area contributed by atoms with Crippen molar-refractivity contribution in [3.05, 3.63) is 76.7 Å². The molecule has 7 heteroatoms. The Morgan fingerprint density at radius 2 is 1.71 bits per heavy atom. The molecule has 1 unspecified atom stereocenters. The van der Waals surface area contributed by atoms with Gasteiger partial charge in [0, 0.05) is 0 Å². The highest BCUT2D eigenvalue weighted by Gasteiger charge is 2.36. The molecule has 2 N–H and O–H groups in total. The molecule has 1 heterocycles. The molecule has 1 aliphatic rings. The van der Waals surface area contributed by atoms with E-state index in [1.54, 1.807) is 6.08 Å². The first-order valence-electron chi connectivity index (χ1n) is 8.81. The third kappa shape index (κ3) is 5.09. The van der Waals surface area contributed by atoms with Crippen molar-refractivity contribution in [2.45, 2.75) is 12.5 Å². The number of amides is 3. The minimum Gasteiger partial charge on any atom is -0.394 e. The number of aliphatic hydroxyl groups is 1. The van der Waals surface area contributed by atoms with Crippen molar-refractivity contribution in [1.82, 2.24) is 10.2 Å². The number of hydrogen-bond acceptors (Lipinski definition) is 5. The van der Waals surface area contributed by atoms with E-state index in [1.807, 2.05) is 60.7 Å². The predicted molar refractivity (Wildman–Crippen MR) is 108 cm³/mol. The van der Waals surface area contributed by atoms with E-state index in [2.05, 4.69) is 5.32 Å². The molecule has 1 saturated heterocycles. The number of carbonyl (C=O) groups excluding carboxylic acids is 3. The zero-order valence-corrected chi connectivity index (χ0v) is 15.9. The number of thioether (sulfide) groups is 1. The molecule has 144 valence electrons. The summed E-state index contributed by atoms with van der Waals surface area (Å²) in [6.07, 6.45) is 2.09. The van der Waals surface area contributed by atoms with Gasteiger partial charge < -0.3 is 10.4 Å². The number of rotatable bonds is 7. The van der Waals surface area contributed by atoms with Crippen LogP contribution < -0.4 is 5.32 Å². The van der Waals surface area contributed by atoms with Gasteiger partial charge >= 0.3 is 0 Å². The third-order valence-electron chi connectivity index (χ3n) is 4.18. The number of hydrogen-bond donors (Lipinski definition) is 2. The highest BCUT2D eigenvalue weighted by molar-refractivity contribution is 8.18. The van der Waals surface area contributed by atoms with E-state index in [1.165, 1.54) is 0 Å². The van der Waals surface area contributed by atoms with Crippen molar-refractivity contribution >= 4 is 34.9 Å². The second-order valence-electron chi connectivity index (χ2n) is 6.32. The number of imide groups is 1. The molecule has 0 aromatic heterocycles. The SMILES string of the molecule is O=C(CN1C(=O)SC(=Cc2ccccc2)C1=O)NC(CO)Cc1ccccc1. The molecule has 0 radical (unpaired) electrons. The predicted octanol–water partition coefficient (Wildman–Crippen LogP) is 2.44. The van der Waals surface area contributed by atoms with Gasteiger partial charge in [0.25, 0.3) is 11.1 Å². The van der Waals surface area contributed by atoms with Crippen LogP contribution in [0.2, 0.25) is 0 Å². The van der Waals surface area contributed by atoms with Crippen molar-refractivity contribution in [2.75, 3.05) is 13.2 Å². The summed E-state index contributed by atoms with van der Waals surface area (Å²) in [5, 5.41) is 11.7. The minimum absolute atomic E-state index is 0.240. The monoisotopic (exact) mass is 396 g/mol. The van der Waals surface area contributed by atoms with Gasteiger partial charge in [0.05, 0.1) is 17.6 Å². The van der Waals surface area contributed by atoms with Crippen LogP contribution in [0.15, 0.2) is 65.6 Å². The summed E-state index contributed by atoms with van der Waals surface area (Å²) in [4.78, 5) is 38.2. The van der Waals surface area contributed by atoms with E-state index in [4.69, 9.17) is 0 Å². The standard InChI is InChI=1S/C21H20N2O4S/c24-14-17(11-15-7-3-1-4-8-15)22-19(25)13-23-20(26)18(28-21(23)27)12-16-9-5-2-6-10-16/h1-10,12,17,24H,11,13-14H2,(H,22,25). The molecule has 2 aromatic carbocycles. The Kier molecular flexibility index (Phi) is 6.62. The quantitative estimate of drug-likeness (QED) is 0.702. The Bertz CT molecular complexity index is 884. The molecule has 28 heavy (non-hydrogen) atoms. The van der Waals surface area contributed by atoms with Crippen LogP contribution in [0.4, 0.5) is 4.79 Å². The van der Waals surface area contributed by atoms with Gasteiger partial charge in [0.15, 0.2) is 0 Å². The molecule has 0 bridgehead atoms. The molecule has 3 amide bonds. The normalized spacial score (nSPS) is 16.5. The second kappa shape index (κ2) is 9.34. The average molecular weight is 396 g/mol. The maximum absolute atomic E-state index is 12.5. The van der Waals surface area contributed by atoms with E-state index in [-0.39, 0.29) is 18.1 Å². The number of benzene rings is 2. The molecule has 0 spiro atoms. The fraction of sp³-hybridized carbons (Fsp3) is 0.190. The van der Waals surface area contributed by atoms with Crippen molar-refractivity contribution in [3.63, 3.8) is 0 Å².